The Bertz CT molecular complexity index is 65.0. The molecule has 0 aliphatic heterocycles. The van der Waals surface area contributed by atoms with Gasteiger partial charge in [0, 0.05) is 0 Å². The monoisotopic (exact) mass is 196 g/mol. The van der Waals surface area contributed by atoms with Gasteiger partial charge in [-0.1, -0.05) is 44.0 Å². The van der Waals surface area contributed by atoms with E-state index in [4.69, 9.17) is 0 Å². The largest absolute Gasteiger partial charge is 0.117 e. The Balaban J connectivity index is 2.47. The number of rotatable bonds is 0. The van der Waals surface area contributed by atoms with Crippen molar-refractivity contribution in [2.24, 2.45) is 0 Å². The molecule has 0 aromatic heterocycles. The first-order valence-electron chi connectivity index (χ1n) is 1.29. The fraction of sp³-hybridized carbons (Fsp3) is 0.333. The molecule has 0 amide bonds. The van der Waals surface area contributed by atoms with E-state index in [1.54, 1.807) is 0 Å². The van der Waals surface area contributed by atoms with Gasteiger partial charge in [-0.05, 0) is 0 Å². The first-order chi connectivity index (χ1) is 2.21. The van der Waals surface area contributed by atoms with Crippen molar-refractivity contribution in [3.8, 4) is 0 Å². The van der Waals surface area contributed by atoms with E-state index in [2.05, 4.69) is 31.9 Å². The fourth-order valence-corrected chi connectivity index (χ4v) is 0.327. The minimum atomic E-state index is 0.125. The molecular formula is C3H2Br2. The van der Waals surface area contributed by atoms with Crippen LogP contribution in [0.1, 0.15) is 0 Å². The van der Waals surface area contributed by atoms with Crippen LogP contribution in [-0.4, -0.2) is 3.23 Å². The molecule has 0 atom stereocenters. The third kappa shape index (κ3) is 1.05. The lowest BCUT2D eigenvalue weighted by Crippen LogP contribution is -1.74. The minimum Gasteiger partial charge on any atom is -0.0634 e. The number of alkyl halides is 2. The van der Waals surface area contributed by atoms with Gasteiger partial charge < -0.3 is 0 Å². The zero-order valence-electron chi connectivity index (χ0n) is 2.41. The van der Waals surface area contributed by atoms with E-state index in [1.807, 2.05) is 12.2 Å². The third-order valence-electron chi connectivity index (χ3n) is 0.419. The Morgan fingerprint density at radius 3 is 1.40 bits per heavy atom. The number of halogens is 2. The molecule has 0 heterocycles. The first-order valence-corrected chi connectivity index (χ1v) is 2.87. The maximum Gasteiger partial charge on any atom is 0.117 e. The molecule has 5 heavy (non-hydrogen) atoms. The summed E-state index contributed by atoms with van der Waals surface area (Å²) < 4.78 is 0.125. The summed E-state index contributed by atoms with van der Waals surface area (Å²) in [6.45, 7) is 0. The van der Waals surface area contributed by atoms with Crippen molar-refractivity contribution in [1.29, 1.82) is 0 Å². The van der Waals surface area contributed by atoms with Gasteiger partial charge >= 0.3 is 0 Å². The molecule has 0 unspecified atom stereocenters. The van der Waals surface area contributed by atoms with Crippen LogP contribution in [0.25, 0.3) is 0 Å². The Morgan fingerprint density at radius 2 is 1.40 bits per heavy atom. The molecule has 0 radical (unpaired) electrons. The van der Waals surface area contributed by atoms with Gasteiger partial charge in [0.25, 0.3) is 0 Å². The summed E-state index contributed by atoms with van der Waals surface area (Å²) in [6.07, 6.45) is 4.04. The van der Waals surface area contributed by atoms with Gasteiger partial charge in [-0.25, -0.2) is 0 Å². The van der Waals surface area contributed by atoms with Crippen molar-refractivity contribution in [3.63, 3.8) is 0 Å². The average molecular weight is 198 g/mol. The SMILES string of the molecule is BrC1(Br)C=C1. The van der Waals surface area contributed by atoms with E-state index in [9.17, 15) is 0 Å². The Labute approximate surface area is 47.5 Å². The summed E-state index contributed by atoms with van der Waals surface area (Å²) in [5, 5.41) is 0. The quantitative estimate of drug-likeness (QED) is 0.412. The van der Waals surface area contributed by atoms with Gasteiger partial charge in [0.1, 0.15) is 3.23 Å². The Morgan fingerprint density at radius 1 is 1.20 bits per heavy atom. The van der Waals surface area contributed by atoms with Crippen LogP contribution in [0.5, 0.6) is 0 Å². The van der Waals surface area contributed by atoms with E-state index in [-0.39, 0.29) is 3.23 Å². The molecule has 1 aliphatic carbocycles. The second kappa shape index (κ2) is 0.850. The highest BCUT2D eigenvalue weighted by atomic mass is 79.9. The standard InChI is InChI=1S/C3H2Br2/c4-3(5)1-2-3/h1-2H. The summed E-state index contributed by atoms with van der Waals surface area (Å²) in [4.78, 5) is 0. The molecule has 1 rings (SSSR count). The maximum absolute atomic E-state index is 3.29. The van der Waals surface area contributed by atoms with E-state index in [1.165, 1.54) is 0 Å². The van der Waals surface area contributed by atoms with Crippen LogP contribution in [0.15, 0.2) is 12.2 Å². The van der Waals surface area contributed by atoms with Gasteiger partial charge in [0.15, 0.2) is 0 Å². The first kappa shape index (κ1) is 3.88. The van der Waals surface area contributed by atoms with Crippen LogP contribution in [0.2, 0.25) is 0 Å². The maximum atomic E-state index is 3.29. The van der Waals surface area contributed by atoms with Crippen LogP contribution >= 0.6 is 31.9 Å². The van der Waals surface area contributed by atoms with Gasteiger partial charge in [0.2, 0.25) is 0 Å². The second-order valence-corrected chi connectivity index (χ2v) is 4.70. The van der Waals surface area contributed by atoms with E-state index in [0.717, 1.165) is 0 Å². The second-order valence-electron chi connectivity index (χ2n) is 1.01. The summed E-state index contributed by atoms with van der Waals surface area (Å²) in [5.41, 5.74) is 0. The van der Waals surface area contributed by atoms with Gasteiger partial charge in [-0.2, -0.15) is 0 Å². The summed E-state index contributed by atoms with van der Waals surface area (Å²) >= 11 is 6.58. The zero-order chi connectivity index (χ0) is 3.91. The molecule has 0 bridgehead atoms. The van der Waals surface area contributed by atoms with Gasteiger partial charge in [-0.3, -0.25) is 0 Å². The molecule has 28 valence electrons. The molecule has 0 aromatic rings. The molecule has 0 aromatic carbocycles. The molecule has 1 aliphatic rings. The number of hydrogen-bond donors (Lipinski definition) is 0. The zero-order valence-corrected chi connectivity index (χ0v) is 5.58. The molecule has 0 fully saturated rings. The molecular weight excluding hydrogens is 196 g/mol. The van der Waals surface area contributed by atoms with E-state index in [0.29, 0.717) is 0 Å². The predicted molar refractivity (Wildman–Crippen MR) is 29.7 cm³/mol. The number of allylic oxidation sites excluding steroid dienone is 2. The highest BCUT2D eigenvalue weighted by Gasteiger charge is 2.24. The summed E-state index contributed by atoms with van der Waals surface area (Å²) in [5.74, 6) is 0. The lowest BCUT2D eigenvalue weighted by Gasteiger charge is -1.82. The smallest absolute Gasteiger partial charge is 0.0634 e. The van der Waals surface area contributed by atoms with Crippen LogP contribution in [0.4, 0.5) is 0 Å². The third-order valence-corrected chi connectivity index (χ3v) is 1.48. The van der Waals surface area contributed by atoms with Gasteiger partial charge in [-0.15, -0.1) is 0 Å². The summed E-state index contributed by atoms with van der Waals surface area (Å²) in [7, 11) is 0. The minimum absolute atomic E-state index is 0.125. The molecule has 2 heteroatoms. The van der Waals surface area contributed by atoms with Crippen molar-refractivity contribution in [3.05, 3.63) is 12.2 Å². The summed E-state index contributed by atoms with van der Waals surface area (Å²) in [6, 6.07) is 0. The van der Waals surface area contributed by atoms with E-state index < -0.39 is 0 Å². The van der Waals surface area contributed by atoms with Crippen LogP contribution in [0, 0.1) is 0 Å². The normalized spacial score (nSPS) is 26.8. The van der Waals surface area contributed by atoms with Crippen molar-refractivity contribution >= 4 is 31.9 Å². The molecule has 0 spiro atoms. The lowest BCUT2D eigenvalue weighted by molar-refractivity contribution is 1.67. The Hall–Kier alpha value is 0.700. The van der Waals surface area contributed by atoms with Crippen molar-refractivity contribution in [2.45, 2.75) is 3.23 Å². The van der Waals surface area contributed by atoms with Crippen LogP contribution < -0.4 is 0 Å². The average Bonchev–Trinajstić information content (AvgIpc) is 1.76. The number of hydrogen-bond acceptors (Lipinski definition) is 0. The highest BCUT2D eigenvalue weighted by molar-refractivity contribution is 9.25. The predicted octanol–water partition coefficient (Wildman–Crippen LogP) is 2.04. The van der Waals surface area contributed by atoms with Crippen molar-refractivity contribution in [1.82, 2.24) is 0 Å². The van der Waals surface area contributed by atoms with E-state index >= 15 is 0 Å². The van der Waals surface area contributed by atoms with Crippen molar-refractivity contribution < 1.29 is 0 Å². The molecule has 0 saturated carbocycles. The lowest BCUT2D eigenvalue weighted by atomic mass is 10.9. The highest BCUT2D eigenvalue weighted by Crippen LogP contribution is 2.39. The van der Waals surface area contributed by atoms with Gasteiger partial charge in [0.05, 0.1) is 0 Å². The topological polar surface area (TPSA) is 0 Å². The molecule has 0 N–H and O–H groups in total. The molecule has 0 saturated heterocycles. The molecule has 0 nitrogen and oxygen atoms in total. The van der Waals surface area contributed by atoms with Crippen molar-refractivity contribution in [2.75, 3.05) is 0 Å². The fourth-order valence-electron chi connectivity index (χ4n) is 0.0630. The van der Waals surface area contributed by atoms with Crippen LogP contribution in [0.3, 0.4) is 0 Å². The Kier molecular flexibility index (Phi) is 0.659. The van der Waals surface area contributed by atoms with Crippen LogP contribution in [-0.2, 0) is 0 Å².